The van der Waals surface area contributed by atoms with Crippen LogP contribution in [0.3, 0.4) is 0 Å². The second-order valence-electron chi connectivity index (χ2n) is 4.98. The first-order valence-corrected chi connectivity index (χ1v) is 6.60. The highest BCUT2D eigenvalue weighted by molar-refractivity contribution is 5.94. The van der Waals surface area contributed by atoms with E-state index in [2.05, 4.69) is 0 Å². The Hall–Kier alpha value is -2.43. The van der Waals surface area contributed by atoms with Crippen molar-refractivity contribution in [2.75, 3.05) is 7.05 Å². The molecule has 0 spiro atoms. The van der Waals surface area contributed by atoms with Gasteiger partial charge in [0, 0.05) is 37.5 Å². The van der Waals surface area contributed by atoms with E-state index in [1.807, 2.05) is 0 Å². The number of carbonyl (C=O) groups excluding carboxylic acids is 1. The van der Waals surface area contributed by atoms with Crippen molar-refractivity contribution in [1.82, 2.24) is 9.47 Å². The van der Waals surface area contributed by atoms with Crippen LogP contribution in [0.1, 0.15) is 28.9 Å². The minimum absolute atomic E-state index is 0.257. The van der Waals surface area contributed by atoms with Gasteiger partial charge in [-0.1, -0.05) is 18.2 Å². The van der Waals surface area contributed by atoms with Crippen molar-refractivity contribution in [3.05, 3.63) is 69.9 Å². The van der Waals surface area contributed by atoms with Gasteiger partial charge in [0.05, 0.1) is 6.04 Å². The maximum atomic E-state index is 13.8. The Kier molecular flexibility index (Phi) is 4.21. The van der Waals surface area contributed by atoms with Crippen molar-refractivity contribution in [2.24, 2.45) is 7.05 Å². The number of pyridine rings is 1. The molecule has 0 saturated carbocycles. The van der Waals surface area contributed by atoms with Gasteiger partial charge in [-0.05, 0) is 19.1 Å². The van der Waals surface area contributed by atoms with E-state index in [-0.39, 0.29) is 17.3 Å². The van der Waals surface area contributed by atoms with Gasteiger partial charge in [0.15, 0.2) is 0 Å². The van der Waals surface area contributed by atoms with Crippen LogP contribution in [0.2, 0.25) is 0 Å². The largest absolute Gasteiger partial charge is 0.335 e. The van der Waals surface area contributed by atoms with Crippen molar-refractivity contribution < 1.29 is 9.18 Å². The SMILES string of the molecule is C[C@H](c1ccccc1F)N(C)C(=O)c1ccn(C)c(=O)c1. The van der Waals surface area contributed by atoms with Gasteiger partial charge in [-0.15, -0.1) is 0 Å². The summed E-state index contributed by atoms with van der Waals surface area (Å²) in [5.41, 5.74) is 0.480. The standard InChI is InChI=1S/C16H17FN2O2/c1-11(13-6-4-5-7-14(13)17)19(3)16(21)12-8-9-18(2)15(20)10-12/h4-11H,1-3H3/t11-/m1/s1. The molecule has 1 atom stereocenters. The van der Waals surface area contributed by atoms with Crippen LogP contribution in [0.5, 0.6) is 0 Å². The number of hydrogen-bond acceptors (Lipinski definition) is 2. The van der Waals surface area contributed by atoms with Crippen molar-refractivity contribution >= 4 is 5.91 Å². The van der Waals surface area contributed by atoms with E-state index in [1.165, 1.54) is 27.8 Å². The summed E-state index contributed by atoms with van der Waals surface area (Å²) in [6.07, 6.45) is 1.54. The van der Waals surface area contributed by atoms with Gasteiger partial charge in [0.1, 0.15) is 5.82 Å². The fraction of sp³-hybridized carbons (Fsp3) is 0.250. The topological polar surface area (TPSA) is 42.3 Å². The normalized spacial score (nSPS) is 12.0. The summed E-state index contributed by atoms with van der Waals surface area (Å²) in [5.74, 6) is -0.669. The number of amides is 1. The fourth-order valence-electron chi connectivity index (χ4n) is 2.08. The predicted octanol–water partition coefficient (Wildman–Crippen LogP) is 2.36. The van der Waals surface area contributed by atoms with E-state index < -0.39 is 6.04 Å². The zero-order valence-electron chi connectivity index (χ0n) is 12.2. The third-order valence-electron chi connectivity index (χ3n) is 3.61. The number of aromatic nitrogens is 1. The fourth-order valence-corrected chi connectivity index (χ4v) is 2.08. The molecule has 1 aromatic heterocycles. The molecule has 4 nitrogen and oxygen atoms in total. The summed E-state index contributed by atoms with van der Waals surface area (Å²) < 4.78 is 15.2. The van der Waals surface area contributed by atoms with E-state index in [0.29, 0.717) is 11.1 Å². The lowest BCUT2D eigenvalue weighted by atomic mass is 10.1. The summed E-state index contributed by atoms with van der Waals surface area (Å²) >= 11 is 0. The molecule has 110 valence electrons. The van der Waals surface area contributed by atoms with Crippen LogP contribution in [-0.4, -0.2) is 22.4 Å². The van der Waals surface area contributed by atoms with Gasteiger partial charge in [-0.3, -0.25) is 9.59 Å². The maximum Gasteiger partial charge on any atom is 0.254 e. The number of carbonyl (C=O) groups is 1. The van der Waals surface area contributed by atoms with Crippen LogP contribution in [0.4, 0.5) is 4.39 Å². The molecule has 0 unspecified atom stereocenters. The van der Waals surface area contributed by atoms with Crippen LogP contribution in [-0.2, 0) is 7.05 Å². The maximum absolute atomic E-state index is 13.8. The summed E-state index contributed by atoms with van der Waals surface area (Å²) in [7, 11) is 3.21. The molecule has 0 aliphatic rings. The molecule has 0 bridgehead atoms. The van der Waals surface area contributed by atoms with Gasteiger partial charge in [-0.2, -0.15) is 0 Å². The van der Waals surface area contributed by atoms with Crippen LogP contribution >= 0.6 is 0 Å². The zero-order valence-corrected chi connectivity index (χ0v) is 12.2. The Morgan fingerprint density at radius 2 is 1.95 bits per heavy atom. The predicted molar refractivity (Wildman–Crippen MR) is 78.6 cm³/mol. The first kappa shape index (κ1) is 15.0. The quantitative estimate of drug-likeness (QED) is 0.870. The van der Waals surface area contributed by atoms with Gasteiger partial charge in [0.2, 0.25) is 0 Å². The highest BCUT2D eigenvalue weighted by Crippen LogP contribution is 2.22. The van der Waals surface area contributed by atoms with Gasteiger partial charge in [-0.25, -0.2) is 4.39 Å². The average Bonchev–Trinajstić information content (AvgIpc) is 2.48. The van der Waals surface area contributed by atoms with Crippen molar-refractivity contribution in [2.45, 2.75) is 13.0 Å². The number of halogens is 1. The molecule has 0 aliphatic carbocycles. The molecule has 0 fully saturated rings. The Morgan fingerprint density at radius 1 is 1.29 bits per heavy atom. The Morgan fingerprint density at radius 3 is 2.57 bits per heavy atom. The number of benzene rings is 1. The van der Waals surface area contributed by atoms with E-state index in [9.17, 15) is 14.0 Å². The molecule has 0 N–H and O–H groups in total. The Bertz CT molecular complexity index is 724. The summed E-state index contributed by atoms with van der Waals surface area (Å²) in [6, 6.07) is 8.78. The lowest BCUT2D eigenvalue weighted by molar-refractivity contribution is 0.0740. The first-order chi connectivity index (χ1) is 9.91. The summed E-state index contributed by atoms with van der Waals surface area (Å²) in [4.78, 5) is 25.4. The lowest BCUT2D eigenvalue weighted by Gasteiger charge is -2.25. The second-order valence-corrected chi connectivity index (χ2v) is 4.98. The Balaban J connectivity index is 2.28. The molecule has 0 radical (unpaired) electrons. The summed E-state index contributed by atoms with van der Waals surface area (Å²) in [5, 5.41) is 0. The zero-order chi connectivity index (χ0) is 15.6. The summed E-state index contributed by atoms with van der Waals surface area (Å²) in [6.45, 7) is 1.75. The van der Waals surface area contributed by atoms with Gasteiger partial charge in [0.25, 0.3) is 11.5 Å². The van der Waals surface area contributed by atoms with Crippen molar-refractivity contribution in [1.29, 1.82) is 0 Å². The molecule has 0 aliphatic heterocycles. The third kappa shape index (κ3) is 3.02. The van der Waals surface area contributed by atoms with Gasteiger partial charge >= 0.3 is 0 Å². The molecule has 1 aromatic carbocycles. The molecular formula is C16H17FN2O2. The third-order valence-corrected chi connectivity index (χ3v) is 3.61. The molecule has 1 amide bonds. The van der Waals surface area contributed by atoms with E-state index in [1.54, 1.807) is 45.3 Å². The van der Waals surface area contributed by atoms with E-state index in [4.69, 9.17) is 0 Å². The lowest BCUT2D eigenvalue weighted by Crippen LogP contribution is -2.31. The molecule has 5 heteroatoms. The smallest absolute Gasteiger partial charge is 0.254 e. The van der Waals surface area contributed by atoms with Crippen LogP contribution < -0.4 is 5.56 Å². The molecule has 0 saturated heterocycles. The van der Waals surface area contributed by atoms with Crippen LogP contribution in [0.25, 0.3) is 0 Å². The van der Waals surface area contributed by atoms with Crippen LogP contribution in [0.15, 0.2) is 47.4 Å². The van der Waals surface area contributed by atoms with E-state index >= 15 is 0 Å². The highest BCUT2D eigenvalue weighted by atomic mass is 19.1. The molecule has 1 heterocycles. The van der Waals surface area contributed by atoms with Crippen molar-refractivity contribution in [3.63, 3.8) is 0 Å². The van der Waals surface area contributed by atoms with Gasteiger partial charge < -0.3 is 9.47 Å². The van der Waals surface area contributed by atoms with E-state index in [0.717, 1.165) is 0 Å². The Labute approximate surface area is 122 Å². The minimum Gasteiger partial charge on any atom is -0.335 e. The monoisotopic (exact) mass is 288 g/mol. The second kappa shape index (κ2) is 5.91. The molecule has 21 heavy (non-hydrogen) atoms. The average molecular weight is 288 g/mol. The highest BCUT2D eigenvalue weighted by Gasteiger charge is 2.21. The number of nitrogens with zero attached hydrogens (tertiary/aromatic N) is 2. The minimum atomic E-state index is -0.428. The first-order valence-electron chi connectivity index (χ1n) is 6.60. The number of hydrogen-bond donors (Lipinski definition) is 0. The molecule has 2 rings (SSSR count). The molecule has 2 aromatic rings. The molecular weight excluding hydrogens is 271 g/mol. The number of aryl methyl sites for hydroxylation is 1. The van der Waals surface area contributed by atoms with Crippen LogP contribution in [0, 0.1) is 5.82 Å². The van der Waals surface area contributed by atoms with Crippen molar-refractivity contribution in [3.8, 4) is 0 Å². The number of rotatable bonds is 3.